The van der Waals surface area contributed by atoms with Crippen LogP contribution in [-0.4, -0.2) is 31.0 Å². The molecule has 1 atom stereocenters. The van der Waals surface area contributed by atoms with Gasteiger partial charge >= 0.3 is 0 Å². The van der Waals surface area contributed by atoms with Crippen LogP contribution in [0.3, 0.4) is 0 Å². The monoisotopic (exact) mass is 321 g/mol. The number of rotatable bonds is 9. The molecule has 0 heterocycles. The molecule has 112 valence electrons. The number of hydrogen-bond donors (Lipinski definition) is 2. The summed E-state index contributed by atoms with van der Waals surface area (Å²) < 4.78 is 10.4. The van der Waals surface area contributed by atoms with Crippen molar-refractivity contribution in [1.29, 1.82) is 0 Å². The number of ether oxygens (including phenoxy) is 2. The zero-order valence-corrected chi connectivity index (χ0v) is 12.6. The molecule has 1 aromatic rings. The van der Waals surface area contributed by atoms with Crippen LogP contribution in [0.25, 0.3) is 0 Å². The van der Waals surface area contributed by atoms with Crippen molar-refractivity contribution in [3.8, 4) is 5.75 Å². The van der Waals surface area contributed by atoms with Gasteiger partial charge in [0.25, 0.3) is 0 Å². The van der Waals surface area contributed by atoms with Gasteiger partial charge in [-0.2, -0.15) is 0 Å². The van der Waals surface area contributed by atoms with E-state index in [4.69, 9.17) is 37.5 Å². The summed E-state index contributed by atoms with van der Waals surface area (Å²) in [6, 6.07) is 4.86. The lowest BCUT2D eigenvalue weighted by atomic mass is 10.3. The molecule has 0 saturated carbocycles. The second-order valence-electron chi connectivity index (χ2n) is 3.81. The second kappa shape index (κ2) is 8.92. The van der Waals surface area contributed by atoms with Crippen LogP contribution in [0, 0.1) is 0 Å². The third kappa shape index (κ3) is 6.34. The first kappa shape index (κ1) is 16.9. The van der Waals surface area contributed by atoms with Crippen LogP contribution in [0.4, 0.5) is 0 Å². The Kier molecular flexibility index (Phi) is 7.54. The molecule has 0 bridgehead atoms. The SMILES string of the molecule is C=C(NOCC(O)COc1ccc(Cl)c(Cl)c1)OCC. The molecule has 0 aliphatic heterocycles. The summed E-state index contributed by atoms with van der Waals surface area (Å²) in [6.45, 7) is 5.94. The maximum atomic E-state index is 9.66. The van der Waals surface area contributed by atoms with E-state index >= 15 is 0 Å². The highest BCUT2D eigenvalue weighted by Crippen LogP contribution is 2.26. The summed E-state index contributed by atoms with van der Waals surface area (Å²) >= 11 is 11.6. The Labute approximate surface area is 128 Å². The van der Waals surface area contributed by atoms with Gasteiger partial charge < -0.3 is 14.6 Å². The van der Waals surface area contributed by atoms with E-state index in [0.29, 0.717) is 22.4 Å². The van der Waals surface area contributed by atoms with Gasteiger partial charge in [-0.15, -0.1) is 0 Å². The van der Waals surface area contributed by atoms with Crippen LogP contribution >= 0.6 is 23.2 Å². The molecule has 20 heavy (non-hydrogen) atoms. The lowest BCUT2D eigenvalue weighted by Gasteiger charge is -2.14. The Morgan fingerprint density at radius 3 is 2.75 bits per heavy atom. The first-order chi connectivity index (χ1) is 9.52. The minimum absolute atomic E-state index is 0.0212. The smallest absolute Gasteiger partial charge is 0.203 e. The molecule has 0 aliphatic rings. The molecule has 0 aliphatic carbocycles. The fraction of sp³-hybridized carbons (Fsp3) is 0.385. The van der Waals surface area contributed by atoms with E-state index in [9.17, 15) is 5.11 Å². The van der Waals surface area contributed by atoms with Gasteiger partial charge in [-0.25, -0.2) is 5.48 Å². The van der Waals surface area contributed by atoms with E-state index in [1.807, 2.05) is 6.92 Å². The predicted octanol–water partition coefficient (Wildman–Crippen LogP) is 2.76. The Morgan fingerprint density at radius 1 is 1.35 bits per heavy atom. The van der Waals surface area contributed by atoms with E-state index < -0.39 is 6.10 Å². The Balaban J connectivity index is 2.24. The van der Waals surface area contributed by atoms with Gasteiger partial charge in [0.2, 0.25) is 5.88 Å². The molecule has 0 aromatic heterocycles. The van der Waals surface area contributed by atoms with E-state index in [0.717, 1.165) is 0 Å². The summed E-state index contributed by atoms with van der Waals surface area (Å²) in [7, 11) is 0. The predicted molar refractivity (Wildman–Crippen MR) is 77.8 cm³/mol. The minimum Gasteiger partial charge on any atom is -0.491 e. The molecule has 7 heteroatoms. The molecule has 0 saturated heterocycles. The topological polar surface area (TPSA) is 60.0 Å². The molecule has 0 fully saturated rings. The Bertz CT molecular complexity index is 442. The number of hydroxylamine groups is 1. The minimum atomic E-state index is -0.814. The van der Waals surface area contributed by atoms with Gasteiger partial charge in [0.1, 0.15) is 25.1 Å². The van der Waals surface area contributed by atoms with Gasteiger partial charge in [0.15, 0.2) is 0 Å². The number of halogens is 2. The number of aliphatic hydroxyl groups excluding tert-OH is 1. The van der Waals surface area contributed by atoms with Crippen molar-refractivity contribution >= 4 is 23.2 Å². The summed E-state index contributed by atoms with van der Waals surface area (Å²) in [4.78, 5) is 4.99. The summed E-state index contributed by atoms with van der Waals surface area (Å²) in [5, 5.41) is 10.5. The highest BCUT2D eigenvalue weighted by atomic mass is 35.5. The molecule has 0 amide bonds. The lowest BCUT2D eigenvalue weighted by molar-refractivity contribution is -0.0417. The first-order valence-electron chi connectivity index (χ1n) is 5.98. The van der Waals surface area contributed by atoms with Gasteiger partial charge in [-0.3, -0.25) is 4.84 Å². The molecule has 5 nitrogen and oxygen atoms in total. The van der Waals surface area contributed by atoms with Gasteiger partial charge in [-0.1, -0.05) is 23.2 Å². The van der Waals surface area contributed by atoms with Crippen molar-refractivity contribution in [2.24, 2.45) is 0 Å². The molecule has 1 unspecified atom stereocenters. The Hall–Kier alpha value is -1.14. The fourth-order valence-electron chi connectivity index (χ4n) is 1.23. The highest BCUT2D eigenvalue weighted by Gasteiger charge is 2.07. The van der Waals surface area contributed by atoms with Gasteiger partial charge in [0, 0.05) is 6.07 Å². The largest absolute Gasteiger partial charge is 0.491 e. The van der Waals surface area contributed by atoms with Crippen molar-refractivity contribution in [2.45, 2.75) is 13.0 Å². The zero-order chi connectivity index (χ0) is 15.0. The van der Waals surface area contributed by atoms with E-state index in [-0.39, 0.29) is 19.1 Å². The van der Waals surface area contributed by atoms with Crippen molar-refractivity contribution in [2.75, 3.05) is 19.8 Å². The third-order valence-electron chi connectivity index (χ3n) is 2.11. The zero-order valence-electron chi connectivity index (χ0n) is 11.1. The summed E-state index contributed by atoms with van der Waals surface area (Å²) in [6.07, 6.45) is -0.814. The molecule has 0 spiro atoms. The summed E-state index contributed by atoms with van der Waals surface area (Å²) in [5.41, 5.74) is 2.46. The molecule has 1 aromatic carbocycles. The summed E-state index contributed by atoms with van der Waals surface area (Å²) in [5.74, 6) is 0.801. The van der Waals surface area contributed by atoms with E-state index in [1.54, 1.807) is 18.2 Å². The van der Waals surface area contributed by atoms with Crippen molar-refractivity contribution in [3.63, 3.8) is 0 Å². The van der Waals surface area contributed by atoms with Crippen LogP contribution < -0.4 is 10.2 Å². The highest BCUT2D eigenvalue weighted by molar-refractivity contribution is 6.42. The quantitative estimate of drug-likeness (QED) is 0.541. The van der Waals surface area contributed by atoms with Crippen LogP contribution in [0.1, 0.15) is 6.92 Å². The van der Waals surface area contributed by atoms with Crippen LogP contribution in [-0.2, 0) is 9.57 Å². The maximum Gasteiger partial charge on any atom is 0.203 e. The van der Waals surface area contributed by atoms with Crippen molar-refractivity contribution in [3.05, 3.63) is 40.7 Å². The van der Waals surface area contributed by atoms with Crippen molar-refractivity contribution in [1.82, 2.24) is 5.48 Å². The standard InChI is InChI=1S/C13H17Cl2NO4/c1-3-18-9(2)16-20-8-10(17)7-19-11-4-5-12(14)13(15)6-11/h4-6,10,16-17H,2-3,7-8H2,1H3. The fourth-order valence-corrected chi connectivity index (χ4v) is 1.52. The van der Waals surface area contributed by atoms with Gasteiger partial charge in [-0.05, 0) is 25.6 Å². The van der Waals surface area contributed by atoms with Crippen LogP contribution in [0.2, 0.25) is 10.0 Å². The average molecular weight is 322 g/mol. The normalized spacial score (nSPS) is 11.8. The molecule has 1 rings (SSSR count). The molecular formula is C13H17Cl2NO4. The number of benzene rings is 1. The molecule has 2 N–H and O–H groups in total. The number of hydrogen-bond acceptors (Lipinski definition) is 5. The molecular weight excluding hydrogens is 305 g/mol. The average Bonchev–Trinajstić information content (AvgIpc) is 2.40. The maximum absolute atomic E-state index is 9.66. The molecule has 0 radical (unpaired) electrons. The number of aliphatic hydroxyl groups is 1. The van der Waals surface area contributed by atoms with E-state index in [2.05, 4.69) is 12.1 Å². The van der Waals surface area contributed by atoms with Crippen molar-refractivity contribution < 1.29 is 19.4 Å². The van der Waals surface area contributed by atoms with Crippen LogP contribution in [0.5, 0.6) is 5.75 Å². The van der Waals surface area contributed by atoms with Gasteiger partial charge in [0.05, 0.1) is 16.7 Å². The first-order valence-corrected chi connectivity index (χ1v) is 6.74. The van der Waals surface area contributed by atoms with Crippen LogP contribution in [0.15, 0.2) is 30.7 Å². The lowest BCUT2D eigenvalue weighted by Crippen LogP contribution is -2.28. The second-order valence-corrected chi connectivity index (χ2v) is 4.62. The Morgan fingerprint density at radius 2 is 2.10 bits per heavy atom. The third-order valence-corrected chi connectivity index (χ3v) is 2.85. The number of nitrogens with one attached hydrogen (secondary N) is 1. The van der Waals surface area contributed by atoms with E-state index in [1.165, 1.54) is 0 Å².